The Kier molecular flexibility index (Phi) is 7.12. The summed E-state index contributed by atoms with van der Waals surface area (Å²) in [6, 6.07) is 5.71. The molecule has 1 atom stereocenters. The highest BCUT2D eigenvalue weighted by Gasteiger charge is 2.14. The molecule has 1 aromatic carbocycles. The summed E-state index contributed by atoms with van der Waals surface area (Å²) in [5, 5.41) is 4.39. The van der Waals surface area contributed by atoms with Gasteiger partial charge < -0.3 is 5.32 Å². The molecule has 0 aliphatic carbocycles. The lowest BCUT2D eigenvalue weighted by molar-refractivity contribution is 0.0935. The van der Waals surface area contributed by atoms with Gasteiger partial charge in [-0.1, -0.05) is 34.5 Å². The fourth-order valence-electron chi connectivity index (χ4n) is 1.58. The number of amides is 1. The van der Waals surface area contributed by atoms with Gasteiger partial charge in [0.05, 0.1) is 10.6 Å². The largest absolute Gasteiger partial charge is 0.349 e. The summed E-state index contributed by atoms with van der Waals surface area (Å²) in [4.78, 5) is 13.2. The van der Waals surface area contributed by atoms with Crippen molar-refractivity contribution < 1.29 is 4.79 Å². The van der Waals surface area contributed by atoms with Crippen LogP contribution in [0.25, 0.3) is 0 Å². The van der Waals surface area contributed by atoms with E-state index in [4.69, 9.17) is 11.6 Å². The molecule has 1 rings (SSSR count). The Balaban J connectivity index is 2.82. The molecule has 18 heavy (non-hydrogen) atoms. The average Bonchev–Trinajstić information content (AvgIpc) is 2.38. The third-order valence-electron chi connectivity index (χ3n) is 2.70. The normalized spacial score (nSPS) is 12.2. The summed E-state index contributed by atoms with van der Waals surface area (Å²) < 4.78 is 0. The van der Waals surface area contributed by atoms with Crippen LogP contribution in [0.4, 0.5) is 0 Å². The molecular formula is C13H17BrClNOS. The number of hydrogen-bond acceptors (Lipinski definition) is 2. The second kappa shape index (κ2) is 8.08. The first-order chi connectivity index (χ1) is 8.62. The van der Waals surface area contributed by atoms with Crippen molar-refractivity contribution in [1.29, 1.82) is 0 Å². The molecule has 0 aliphatic rings. The van der Waals surface area contributed by atoms with Gasteiger partial charge >= 0.3 is 0 Å². The lowest BCUT2D eigenvalue weighted by Gasteiger charge is -2.16. The topological polar surface area (TPSA) is 29.1 Å². The van der Waals surface area contributed by atoms with E-state index in [-0.39, 0.29) is 11.9 Å². The number of halogens is 2. The van der Waals surface area contributed by atoms with Gasteiger partial charge in [-0.15, -0.1) is 11.8 Å². The number of benzene rings is 1. The zero-order valence-electron chi connectivity index (χ0n) is 10.5. The highest BCUT2D eigenvalue weighted by molar-refractivity contribution is 9.09. The number of hydrogen-bond donors (Lipinski definition) is 1. The van der Waals surface area contributed by atoms with E-state index in [2.05, 4.69) is 28.2 Å². The molecule has 0 spiro atoms. The van der Waals surface area contributed by atoms with Crippen molar-refractivity contribution in [3.8, 4) is 0 Å². The number of carbonyl (C=O) groups is 1. The first kappa shape index (κ1) is 15.9. The number of thioether (sulfide) groups is 1. The van der Waals surface area contributed by atoms with E-state index < -0.39 is 0 Å². The molecule has 5 heteroatoms. The minimum Gasteiger partial charge on any atom is -0.349 e. The summed E-state index contributed by atoms with van der Waals surface area (Å²) in [5.74, 6) is -0.0938. The average molecular weight is 351 g/mol. The van der Waals surface area contributed by atoms with Gasteiger partial charge in [0.1, 0.15) is 0 Å². The van der Waals surface area contributed by atoms with E-state index in [9.17, 15) is 4.79 Å². The molecule has 1 aromatic rings. The monoisotopic (exact) mass is 349 g/mol. The van der Waals surface area contributed by atoms with Crippen LogP contribution >= 0.6 is 39.3 Å². The fourth-order valence-corrected chi connectivity index (χ4v) is 2.77. The number of nitrogens with one attached hydrogen (secondary N) is 1. The third-order valence-corrected chi connectivity index (χ3v) is 4.22. The molecule has 2 nitrogen and oxygen atoms in total. The molecule has 1 amide bonds. The van der Waals surface area contributed by atoms with Crippen molar-refractivity contribution in [2.75, 3.05) is 11.6 Å². The highest BCUT2D eigenvalue weighted by atomic mass is 79.9. The van der Waals surface area contributed by atoms with Crippen LogP contribution in [0.5, 0.6) is 0 Å². The van der Waals surface area contributed by atoms with Crippen LogP contribution in [0.15, 0.2) is 23.1 Å². The number of carbonyl (C=O) groups excluding carboxylic acids is 1. The molecule has 0 heterocycles. The van der Waals surface area contributed by atoms with Crippen molar-refractivity contribution in [3.63, 3.8) is 0 Å². The van der Waals surface area contributed by atoms with E-state index >= 15 is 0 Å². The van der Waals surface area contributed by atoms with Gasteiger partial charge in [-0.05, 0) is 37.3 Å². The Morgan fingerprint density at radius 3 is 2.83 bits per heavy atom. The smallest absolute Gasteiger partial charge is 0.253 e. The van der Waals surface area contributed by atoms with Gasteiger partial charge in [0.2, 0.25) is 0 Å². The summed E-state index contributed by atoms with van der Waals surface area (Å²) >= 11 is 11.1. The van der Waals surface area contributed by atoms with E-state index in [1.165, 1.54) is 0 Å². The summed E-state index contributed by atoms with van der Waals surface area (Å²) in [7, 11) is 0. The molecule has 1 unspecified atom stereocenters. The van der Waals surface area contributed by atoms with Crippen LogP contribution in [0.2, 0.25) is 5.02 Å². The predicted octanol–water partition coefficient (Wildman–Crippen LogP) is 4.36. The van der Waals surface area contributed by atoms with Gasteiger partial charge in [-0.25, -0.2) is 0 Å². The van der Waals surface area contributed by atoms with Gasteiger partial charge in [0.15, 0.2) is 0 Å². The van der Waals surface area contributed by atoms with E-state index in [0.29, 0.717) is 10.6 Å². The molecule has 0 bridgehead atoms. The van der Waals surface area contributed by atoms with Gasteiger partial charge in [-0.3, -0.25) is 4.79 Å². The van der Waals surface area contributed by atoms with Crippen molar-refractivity contribution in [2.24, 2.45) is 0 Å². The molecule has 1 N–H and O–H groups in total. The maximum atomic E-state index is 12.2. The Morgan fingerprint density at radius 2 is 2.28 bits per heavy atom. The third kappa shape index (κ3) is 4.48. The van der Waals surface area contributed by atoms with Crippen molar-refractivity contribution in [1.82, 2.24) is 5.32 Å². The lowest BCUT2D eigenvalue weighted by Crippen LogP contribution is -2.34. The van der Waals surface area contributed by atoms with Crippen molar-refractivity contribution in [3.05, 3.63) is 28.8 Å². The molecule has 0 radical (unpaired) electrons. The SMILES string of the molecule is CCC(CCBr)NC(=O)c1cc(SC)ccc1Cl. The van der Waals surface area contributed by atoms with Crippen LogP contribution in [0.3, 0.4) is 0 Å². The van der Waals surface area contributed by atoms with Crippen LogP contribution in [-0.2, 0) is 0 Å². The van der Waals surface area contributed by atoms with E-state index in [0.717, 1.165) is 23.1 Å². The molecule has 0 saturated heterocycles. The Bertz CT molecular complexity index is 414. The highest BCUT2D eigenvalue weighted by Crippen LogP contribution is 2.23. The van der Waals surface area contributed by atoms with Gasteiger partial charge in [0.25, 0.3) is 5.91 Å². The summed E-state index contributed by atoms with van der Waals surface area (Å²) in [6.07, 6.45) is 3.81. The fraction of sp³-hybridized carbons (Fsp3) is 0.462. The molecular weight excluding hydrogens is 334 g/mol. The van der Waals surface area contributed by atoms with Crippen LogP contribution in [0.1, 0.15) is 30.1 Å². The standard InChI is InChI=1S/C13H17BrClNOS/c1-3-9(6-7-14)16-13(17)11-8-10(18-2)4-5-12(11)15/h4-5,8-9H,3,6-7H2,1-2H3,(H,16,17). The first-order valence-corrected chi connectivity index (χ1v) is 8.55. The number of alkyl halides is 1. The lowest BCUT2D eigenvalue weighted by atomic mass is 10.1. The Hall–Kier alpha value is -0.190. The predicted molar refractivity (Wildman–Crippen MR) is 83.2 cm³/mol. The molecule has 100 valence electrons. The zero-order chi connectivity index (χ0) is 13.5. The molecule has 0 fully saturated rings. The molecule has 0 aromatic heterocycles. The molecule has 0 saturated carbocycles. The van der Waals surface area contributed by atoms with Crippen LogP contribution < -0.4 is 5.32 Å². The van der Waals surface area contributed by atoms with Crippen LogP contribution in [-0.4, -0.2) is 23.5 Å². The second-order valence-electron chi connectivity index (χ2n) is 3.90. The Morgan fingerprint density at radius 1 is 1.56 bits per heavy atom. The Labute approximate surface area is 126 Å². The van der Waals surface area contributed by atoms with Crippen molar-refractivity contribution >= 4 is 45.2 Å². The van der Waals surface area contributed by atoms with Gasteiger partial charge in [0, 0.05) is 16.3 Å². The summed E-state index contributed by atoms with van der Waals surface area (Å²) in [5.41, 5.74) is 0.552. The van der Waals surface area contributed by atoms with Crippen LogP contribution in [0, 0.1) is 0 Å². The molecule has 0 aliphatic heterocycles. The minimum atomic E-state index is -0.0938. The second-order valence-corrected chi connectivity index (χ2v) is 5.98. The quantitative estimate of drug-likeness (QED) is 0.610. The minimum absolute atomic E-state index is 0.0938. The van der Waals surface area contributed by atoms with Gasteiger partial charge in [-0.2, -0.15) is 0 Å². The zero-order valence-corrected chi connectivity index (χ0v) is 13.7. The van der Waals surface area contributed by atoms with Crippen molar-refractivity contribution in [2.45, 2.75) is 30.7 Å². The first-order valence-electron chi connectivity index (χ1n) is 5.82. The maximum Gasteiger partial charge on any atom is 0.253 e. The summed E-state index contributed by atoms with van der Waals surface area (Å²) in [6.45, 7) is 2.06. The van der Waals surface area contributed by atoms with E-state index in [1.54, 1.807) is 17.8 Å². The van der Waals surface area contributed by atoms with E-state index in [1.807, 2.05) is 18.4 Å². The maximum absolute atomic E-state index is 12.2. The number of rotatable bonds is 6.